The van der Waals surface area contributed by atoms with E-state index in [0.717, 1.165) is 83.9 Å². The van der Waals surface area contributed by atoms with Crippen LogP contribution < -0.4 is 15.8 Å². The number of pyridine rings is 2. The number of hydrogen-bond acceptors (Lipinski definition) is 6. The number of hydrogen-bond donors (Lipinski definition) is 2. The third-order valence-corrected chi connectivity index (χ3v) is 8.49. The first-order valence-electron chi connectivity index (χ1n) is 14.4. The highest BCUT2D eigenvalue weighted by Crippen LogP contribution is 2.35. The summed E-state index contributed by atoms with van der Waals surface area (Å²) < 4.78 is 7.97. The second-order valence-corrected chi connectivity index (χ2v) is 11.5. The maximum absolute atomic E-state index is 13.8. The molecule has 2 aliphatic rings. The molecule has 1 atom stereocenters. The summed E-state index contributed by atoms with van der Waals surface area (Å²) in [7, 11) is 2.15. The van der Waals surface area contributed by atoms with Crippen LogP contribution in [0.4, 0.5) is 5.82 Å². The van der Waals surface area contributed by atoms with Gasteiger partial charge in [0.05, 0.1) is 18.2 Å². The first-order chi connectivity index (χ1) is 19.8. The van der Waals surface area contributed by atoms with Gasteiger partial charge in [-0.1, -0.05) is 0 Å². The number of ether oxygens (including phenoxy) is 1. The zero-order valence-electron chi connectivity index (χ0n) is 24.3. The number of nitrogens with zero attached hydrogens (tertiary/aromatic N) is 4. The second kappa shape index (κ2) is 11.1. The Kier molecular flexibility index (Phi) is 7.40. The lowest BCUT2D eigenvalue weighted by Gasteiger charge is -2.33. The molecule has 41 heavy (non-hydrogen) atoms. The molecule has 2 aliphatic heterocycles. The smallest absolute Gasteiger partial charge is 0.253 e. The molecule has 1 amide bonds. The number of rotatable bonds is 6. The molecule has 0 spiro atoms. The van der Waals surface area contributed by atoms with Crippen LogP contribution in [0.2, 0.25) is 0 Å². The minimum absolute atomic E-state index is 0.156. The van der Waals surface area contributed by atoms with Crippen LogP contribution in [0.15, 0.2) is 47.5 Å². The van der Waals surface area contributed by atoms with Crippen molar-refractivity contribution < 1.29 is 9.53 Å². The fraction of sp³-hybridized carbons (Fsp3) is 0.406. The van der Waals surface area contributed by atoms with E-state index < -0.39 is 0 Å². The number of benzene rings is 1. The number of carbonyl (C=O) groups is 1. The van der Waals surface area contributed by atoms with Gasteiger partial charge in [-0.25, -0.2) is 4.98 Å². The highest BCUT2D eigenvalue weighted by Gasteiger charge is 2.24. The topological polar surface area (TPSA) is 95.5 Å². The molecule has 1 aromatic carbocycles. The number of piperazine rings is 1. The highest BCUT2D eigenvalue weighted by molar-refractivity contribution is 6.09. The third kappa shape index (κ3) is 5.39. The van der Waals surface area contributed by atoms with Crippen molar-refractivity contribution in [3.8, 4) is 11.1 Å². The summed E-state index contributed by atoms with van der Waals surface area (Å²) in [6.45, 7) is 11.3. The van der Waals surface area contributed by atoms with Crippen molar-refractivity contribution in [2.24, 2.45) is 0 Å². The Morgan fingerprint density at radius 3 is 2.56 bits per heavy atom. The molecule has 6 rings (SSSR count). The lowest BCUT2D eigenvalue weighted by Crippen LogP contribution is -2.44. The van der Waals surface area contributed by atoms with Crippen molar-refractivity contribution in [1.29, 1.82) is 0 Å². The van der Waals surface area contributed by atoms with Crippen molar-refractivity contribution in [1.82, 2.24) is 24.8 Å². The van der Waals surface area contributed by atoms with Crippen LogP contribution in [0, 0.1) is 20.8 Å². The fourth-order valence-corrected chi connectivity index (χ4v) is 6.12. The van der Waals surface area contributed by atoms with Gasteiger partial charge in [0, 0.05) is 79.5 Å². The monoisotopic (exact) mass is 554 g/mol. The number of aromatic nitrogens is 3. The van der Waals surface area contributed by atoms with Gasteiger partial charge in [0.2, 0.25) is 0 Å². The Hall–Kier alpha value is -3.95. The Balaban J connectivity index is 1.37. The first-order valence-corrected chi connectivity index (χ1v) is 14.4. The van der Waals surface area contributed by atoms with E-state index in [2.05, 4.69) is 56.1 Å². The summed E-state index contributed by atoms with van der Waals surface area (Å²) in [5.74, 6) is 0.767. The van der Waals surface area contributed by atoms with Crippen molar-refractivity contribution in [2.45, 2.75) is 39.8 Å². The van der Waals surface area contributed by atoms with E-state index in [1.54, 1.807) is 0 Å². The third-order valence-electron chi connectivity index (χ3n) is 8.49. The van der Waals surface area contributed by atoms with E-state index in [-0.39, 0.29) is 24.1 Å². The normalized spacial score (nSPS) is 17.9. The summed E-state index contributed by atoms with van der Waals surface area (Å²) in [5, 5.41) is 3.96. The molecular formula is C32H38N6O3. The molecule has 214 valence electrons. The van der Waals surface area contributed by atoms with Gasteiger partial charge in [0.1, 0.15) is 5.82 Å². The Morgan fingerprint density at radius 2 is 1.88 bits per heavy atom. The summed E-state index contributed by atoms with van der Waals surface area (Å²) in [6, 6.07) is 10.4. The van der Waals surface area contributed by atoms with Gasteiger partial charge >= 0.3 is 0 Å². The number of amides is 1. The van der Waals surface area contributed by atoms with E-state index in [4.69, 9.17) is 9.72 Å². The number of aryl methyl sites for hydroxylation is 3. The van der Waals surface area contributed by atoms with Gasteiger partial charge < -0.3 is 29.4 Å². The molecule has 2 saturated heterocycles. The minimum Gasteiger partial charge on any atom is -0.379 e. The van der Waals surface area contributed by atoms with Crippen molar-refractivity contribution in [3.63, 3.8) is 0 Å². The van der Waals surface area contributed by atoms with Crippen molar-refractivity contribution in [3.05, 3.63) is 81.0 Å². The Bertz CT molecular complexity index is 1640. The largest absolute Gasteiger partial charge is 0.379 e. The van der Waals surface area contributed by atoms with Crippen LogP contribution in [-0.2, 0) is 11.3 Å². The standard InChI is InChI=1S/C32H38N6O3/c1-20-13-22(3)35-32(40)27(20)17-34-31(39)26-14-24(15-28-30(26)21(2)18-38(28)25-7-12-41-19-25)23-5-6-29(33-16-23)37-10-8-36(4)9-11-37/h5-6,13-16,18,25H,7-12,17,19H2,1-4H3,(H,34,39)(H,35,40)/t25-/m1/s1. The predicted octanol–water partition coefficient (Wildman–Crippen LogP) is 3.96. The average Bonchev–Trinajstić information content (AvgIpc) is 3.60. The summed E-state index contributed by atoms with van der Waals surface area (Å²) in [5.41, 5.74) is 6.59. The molecule has 5 heterocycles. The van der Waals surface area contributed by atoms with Crippen molar-refractivity contribution >= 4 is 22.6 Å². The van der Waals surface area contributed by atoms with E-state index in [1.165, 1.54) is 0 Å². The van der Waals surface area contributed by atoms with E-state index >= 15 is 0 Å². The number of likely N-dealkylation sites (N-methyl/N-ethyl adjacent to an activating group) is 1. The van der Waals surface area contributed by atoms with Gasteiger partial charge in [0.15, 0.2) is 0 Å². The minimum atomic E-state index is -0.207. The molecule has 0 radical (unpaired) electrons. The Morgan fingerprint density at radius 1 is 1.07 bits per heavy atom. The lowest BCUT2D eigenvalue weighted by atomic mass is 9.98. The number of H-pyrrole nitrogens is 1. The number of aromatic amines is 1. The van der Waals surface area contributed by atoms with Crippen LogP contribution in [0.25, 0.3) is 22.0 Å². The van der Waals surface area contributed by atoms with Gasteiger partial charge in [-0.2, -0.15) is 0 Å². The molecule has 2 N–H and O–H groups in total. The summed E-state index contributed by atoms with van der Waals surface area (Å²) >= 11 is 0. The molecule has 9 nitrogen and oxygen atoms in total. The number of fused-ring (bicyclic) bond motifs is 1. The molecule has 0 unspecified atom stereocenters. The maximum Gasteiger partial charge on any atom is 0.253 e. The molecule has 4 aromatic rings. The van der Waals surface area contributed by atoms with Crippen LogP contribution in [0.1, 0.15) is 45.2 Å². The molecule has 0 saturated carbocycles. The van der Waals surface area contributed by atoms with E-state index in [0.29, 0.717) is 17.7 Å². The zero-order chi connectivity index (χ0) is 28.7. The molecule has 3 aromatic heterocycles. The molecule has 2 fully saturated rings. The first kappa shape index (κ1) is 27.2. The Labute approximate surface area is 240 Å². The van der Waals surface area contributed by atoms with Gasteiger partial charge in [0.25, 0.3) is 11.5 Å². The van der Waals surface area contributed by atoms with E-state index in [9.17, 15) is 9.59 Å². The van der Waals surface area contributed by atoms with Gasteiger partial charge in [-0.3, -0.25) is 9.59 Å². The van der Waals surface area contributed by atoms with E-state index in [1.807, 2.05) is 39.1 Å². The average molecular weight is 555 g/mol. The van der Waals surface area contributed by atoms with Gasteiger partial charge in [-0.15, -0.1) is 0 Å². The SMILES string of the molecule is Cc1cc(C)c(CNC(=O)c2cc(-c3ccc(N4CCN(C)CC4)nc3)cc3c2c(C)cn3[C@@H]2CCOC2)c(=O)[nH]1. The molecule has 0 bridgehead atoms. The maximum atomic E-state index is 13.8. The van der Waals surface area contributed by atoms with Crippen LogP contribution >= 0.6 is 0 Å². The lowest BCUT2D eigenvalue weighted by molar-refractivity contribution is 0.0952. The quantitative estimate of drug-likeness (QED) is 0.375. The zero-order valence-corrected chi connectivity index (χ0v) is 24.3. The predicted molar refractivity (Wildman–Crippen MR) is 162 cm³/mol. The highest BCUT2D eigenvalue weighted by atomic mass is 16.5. The second-order valence-electron chi connectivity index (χ2n) is 11.5. The van der Waals surface area contributed by atoms with Crippen molar-refractivity contribution in [2.75, 3.05) is 51.3 Å². The molecular weight excluding hydrogens is 516 g/mol. The molecule has 0 aliphatic carbocycles. The number of nitrogens with one attached hydrogen (secondary N) is 2. The van der Waals surface area contributed by atoms with Crippen LogP contribution in [0.5, 0.6) is 0 Å². The fourth-order valence-electron chi connectivity index (χ4n) is 6.12. The number of anilines is 1. The summed E-state index contributed by atoms with van der Waals surface area (Å²) in [4.78, 5) is 38.7. The van der Waals surface area contributed by atoms with Crippen LogP contribution in [0.3, 0.4) is 0 Å². The number of carbonyl (C=O) groups excluding carboxylic acids is 1. The van der Waals surface area contributed by atoms with Gasteiger partial charge in [-0.05, 0) is 81.3 Å². The van der Waals surface area contributed by atoms with Crippen LogP contribution in [-0.4, -0.2) is 71.8 Å². The summed E-state index contributed by atoms with van der Waals surface area (Å²) in [6.07, 6.45) is 4.98. The molecule has 9 heteroatoms.